The zero-order valence-corrected chi connectivity index (χ0v) is 9.28. The fraction of sp³-hybridized carbons (Fsp3) is 1.00. The van der Waals surface area contributed by atoms with Crippen LogP contribution in [0.1, 0.15) is 32.6 Å². The van der Waals surface area contributed by atoms with E-state index in [1.165, 1.54) is 17.9 Å². The minimum atomic E-state index is -0.0836. The van der Waals surface area contributed by atoms with Crippen molar-refractivity contribution in [2.45, 2.75) is 44.8 Å². The van der Waals surface area contributed by atoms with Crippen molar-refractivity contribution in [3.8, 4) is 0 Å². The topological polar surface area (TPSA) is 32.3 Å². The third-order valence-electron chi connectivity index (χ3n) is 2.55. The van der Waals surface area contributed by atoms with Gasteiger partial charge in [-0.05, 0) is 38.0 Å². The van der Waals surface area contributed by atoms with Gasteiger partial charge in [-0.1, -0.05) is 6.92 Å². The highest BCUT2D eigenvalue weighted by molar-refractivity contribution is 7.99. The fourth-order valence-corrected chi connectivity index (χ4v) is 2.73. The second-order valence-corrected chi connectivity index (χ2v) is 4.87. The zero-order valence-electron chi connectivity index (χ0n) is 8.46. The van der Waals surface area contributed by atoms with E-state index < -0.39 is 0 Å². The molecule has 2 unspecified atom stereocenters. The van der Waals surface area contributed by atoms with E-state index in [1.54, 1.807) is 0 Å². The summed E-state index contributed by atoms with van der Waals surface area (Å²) in [6, 6.07) is 0.740. The van der Waals surface area contributed by atoms with E-state index >= 15 is 0 Å². The van der Waals surface area contributed by atoms with Gasteiger partial charge in [0.2, 0.25) is 0 Å². The third kappa shape index (κ3) is 4.89. The van der Waals surface area contributed by atoms with Gasteiger partial charge in [0, 0.05) is 11.8 Å². The van der Waals surface area contributed by atoms with Gasteiger partial charge in [0.1, 0.15) is 0 Å². The van der Waals surface area contributed by atoms with Crippen LogP contribution in [0, 0.1) is 0 Å². The largest absolute Gasteiger partial charge is 0.393 e. The van der Waals surface area contributed by atoms with Crippen LogP contribution < -0.4 is 5.32 Å². The van der Waals surface area contributed by atoms with Crippen molar-refractivity contribution in [1.29, 1.82) is 0 Å². The third-order valence-corrected chi connectivity index (χ3v) is 3.71. The zero-order chi connectivity index (χ0) is 9.52. The Balaban J connectivity index is 1.88. The van der Waals surface area contributed by atoms with Crippen LogP contribution in [0.3, 0.4) is 0 Å². The molecule has 2 atom stereocenters. The molecular formula is C10H21NOS. The Bertz CT molecular complexity index is 126. The molecule has 3 heteroatoms. The van der Waals surface area contributed by atoms with Crippen LogP contribution in [0.2, 0.25) is 0 Å². The van der Waals surface area contributed by atoms with Crippen molar-refractivity contribution in [2.75, 3.05) is 18.1 Å². The Kier molecular flexibility index (Phi) is 5.83. The van der Waals surface area contributed by atoms with E-state index in [4.69, 9.17) is 0 Å². The van der Waals surface area contributed by atoms with Crippen LogP contribution in [0.5, 0.6) is 0 Å². The predicted octanol–water partition coefficient (Wildman–Crippen LogP) is 1.63. The minimum Gasteiger partial charge on any atom is -0.393 e. The van der Waals surface area contributed by atoms with E-state index in [9.17, 15) is 5.11 Å². The van der Waals surface area contributed by atoms with Gasteiger partial charge < -0.3 is 10.4 Å². The van der Waals surface area contributed by atoms with Gasteiger partial charge in [-0.15, -0.1) is 0 Å². The molecule has 1 aliphatic rings. The quantitative estimate of drug-likeness (QED) is 0.644. The second-order valence-electron chi connectivity index (χ2n) is 3.72. The van der Waals surface area contributed by atoms with E-state index in [0.29, 0.717) is 0 Å². The molecule has 78 valence electrons. The number of aliphatic hydroxyl groups excluding tert-OH is 1. The molecule has 0 radical (unpaired) electrons. The Morgan fingerprint density at radius 2 is 2.46 bits per heavy atom. The lowest BCUT2D eigenvalue weighted by Crippen LogP contribution is -2.29. The molecule has 0 saturated carbocycles. The molecule has 0 aliphatic carbocycles. The van der Waals surface area contributed by atoms with E-state index in [2.05, 4.69) is 5.32 Å². The van der Waals surface area contributed by atoms with Crippen molar-refractivity contribution in [1.82, 2.24) is 5.32 Å². The molecule has 2 N–H and O–H groups in total. The van der Waals surface area contributed by atoms with Crippen LogP contribution in [0.25, 0.3) is 0 Å². The van der Waals surface area contributed by atoms with Crippen LogP contribution in [0.4, 0.5) is 0 Å². The Labute approximate surface area is 85.5 Å². The molecule has 0 bridgehead atoms. The predicted molar refractivity (Wildman–Crippen MR) is 59.3 cm³/mol. The van der Waals surface area contributed by atoms with Crippen LogP contribution in [-0.2, 0) is 0 Å². The van der Waals surface area contributed by atoms with Gasteiger partial charge in [-0.2, -0.15) is 11.8 Å². The summed E-state index contributed by atoms with van der Waals surface area (Å²) in [7, 11) is 0. The molecular weight excluding hydrogens is 182 g/mol. The summed E-state index contributed by atoms with van der Waals surface area (Å²) >= 11 is 2.04. The molecule has 2 nitrogen and oxygen atoms in total. The second kappa shape index (κ2) is 6.68. The molecule has 0 spiro atoms. The maximum atomic E-state index is 9.32. The number of aliphatic hydroxyl groups is 1. The van der Waals surface area contributed by atoms with Crippen LogP contribution in [0.15, 0.2) is 0 Å². The lowest BCUT2D eigenvalue weighted by Gasteiger charge is -2.12. The Morgan fingerprint density at radius 1 is 1.62 bits per heavy atom. The molecule has 1 saturated heterocycles. The molecule has 1 fully saturated rings. The highest BCUT2D eigenvalue weighted by Crippen LogP contribution is 2.16. The highest BCUT2D eigenvalue weighted by atomic mass is 32.2. The van der Waals surface area contributed by atoms with Crippen LogP contribution in [-0.4, -0.2) is 35.3 Å². The monoisotopic (exact) mass is 203 g/mol. The average Bonchev–Trinajstić information content (AvgIpc) is 2.64. The van der Waals surface area contributed by atoms with Crippen molar-refractivity contribution < 1.29 is 5.11 Å². The van der Waals surface area contributed by atoms with Crippen LogP contribution >= 0.6 is 11.8 Å². The molecule has 0 aromatic rings. The van der Waals surface area contributed by atoms with Gasteiger partial charge in [0.05, 0.1) is 6.10 Å². The van der Waals surface area contributed by atoms with Gasteiger partial charge in [-0.3, -0.25) is 0 Å². The number of hydrogen-bond donors (Lipinski definition) is 2. The van der Waals surface area contributed by atoms with E-state index in [1.807, 2.05) is 18.7 Å². The summed E-state index contributed by atoms with van der Waals surface area (Å²) in [5, 5.41) is 12.8. The molecule has 13 heavy (non-hydrogen) atoms. The van der Waals surface area contributed by atoms with Crippen molar-refractivity contribution in [3.05, 3.63) is 0 Å². The molecule has 1 rings (SSSR count). The summed E-state index contributed by atoms with van der Waals surface area (Å²) in [6.07, 6.45) is 4.18. The Hall–Kier alpha value is 0.270. The average molecular weight is 203 g/mol. The fourth-order valence-electron chi connectivity index (χ4n) is 1.54. The maximum Gasteiger partial charge on any atom is 0.0538 e. The first kappa shape index (κ1) is 11.3. The summed E-state index contributed by atoms with van der Waals surface area (Å²) in [4.78, 5) is 0. The van der Waals surface area contributed by atoms with Gasteiger partial charge >= 0.3 is 0 Å². The van der Waals surface area contributed by atoms with Gasteiger partial charge in [0.25, 0.3) is 0 Å². The van der Waals surface area contributed by atoms with Crippen molar-refractivity contribution >= 4 is 11.8 Å². The summed E-state index contributed by atoms with van der Waals surface area (Å²) in [6.45, 7) is 3.11. The number of rotatable bonds is 6. The number of thioether (sulfide) groups is 1. The maximum absolute atomic E-state index is 9.32. The minimum absolute atomic E-state index is 0.0836. The summed E-state index contributed by atoms with van der Waals surface area (Å²) in [5.41, 5.74) is 0. The lowest BCUT2D eigenvalue weighted by atomic mass is 10.1. The first-order chi connectivity index (χ1) is 6.33. The highest BCUT2D eigenvalue weighted by Gasteiger charge is 2.13. The van der Waals surface area contributed by atoms with E-state index in [-0.39, 0.29) is 6.10 Å². The van der Waals surface area contributed by atoms with Gasteiger partial charge in [-0.25, -0.2) is 0 Å². The number of nitrogens with one attached hydrogen (secondary N) is 1. The first-order valence-corrected chi connectivity index (χ1v) is 6.47. The smallest absolute Gasteiger partial charge is 0.0538 e. The standard InChI is InChI=1S/C10H21NOS/c1-2-10(12)4-3-6-11-9-5-7-13-8-9/h9-12H,2-8H2,1H3. The lowest BCUT2D eigenvalue weighted by molar-refractivity contribution is 0.157. The van der Waals surface area contributed by atoms with E-state index in [0.717, 1.165) is 31.8 Å². The number of hydrogen-bond acceptors (Lipinski definition) is 3. The van der Waals surface area contributed by atoms with Crippen molar-refractivity contribution in [3.63, 3.8) is 0 Å². The molecule has 0 aromatic carbocycles. The first-order valence-electron chi connectivity index (χ1n) is 5.32. The summed E-state index contributed by atoms with van der Waals surface area (Å²) < 4.78 is 0. The normalized spacial score (nSPS) is 24.9. The van der Waals surface area contributed by atoms with Crippen molar-refractivity contribution in [2.24, 2.45) is 0 Å². The molecule has 0 aromatic heterocycles. The Morgan fingerprint density at radius 3 is 3.08 bits per heavy atom. The molecule has 1 aliphatic heterocycles. The SMILES string of the molecule is CCC(O)CCCNC1CCSC1. The summed E-state index contributed by atoms with van der Waals surface area (Å²) in [5.74, 6) is 2.59. The molecule has 0 amide bonds. The van der Waals surface area contributed by atoms with Gasteiger partial charge in [0.15, 0.2) is 0 Å². The molecule has 1 heterocycles.